The summed E-state index contributed by atoms with van der Waals surface area (Å²) in [6.07, 6.45) is 0. The van der Waals surface area contributed by atoms with Crippen molar-refractivity contribution in [3.8, 4) is 5.75 Å². The summed E-state index contributed by atoms with van der Waals surface area (Å²) in [5.74, 6) is 0.415. The maximum Gasteiger partial charge on any atom is 0.314 e. The molecule has 0 radical (unpaired) electrons. The second-order valence-corrected chi connectivity index (χ2v) is 5.66. The molecule has 20 heavy (non-hydrogen) atoms. The molecule has 0 bridgehead atoms. The van der Waals surface area contributed by atoms with E-state index in [1.54, 1.807) is 19.9 Å². The molecule has 0 saturated heterocycles. The van der Waals surface area contributed by atoms with E-state index in [0.29, 0.717) is 10.8 Å². The molecule has 0 atom stereocenters. The van der Waals surface area contributed by atoms with Gasteiger partial charge in [-0.1, -0.05) is 35.9 Å². The van der Waals surface area contributed by atoms with Gasteiger partial charge in [-0.2, -0.15) is 0 Å². The van der Waals surface area contributed by atoms with Gasteiger partial charge in [-0.15, -0.1) is 0 Å². The quantitative estimate of drug-likeness (QED) is 0.797. The highest BCUT2D eigenvalue weighted by molar-refractivity contribution is 6.35. The average Bonchev–Trinajstić information content (AvgIpc) is 2.46. The van der Waals surface area contributed by atoms with Crippen LogP contribution in [0.5, 0.6) is 5.75 Å². The molecular formula is C16H17ClO3. The number of methoxy groups -OCH3 is 1. The molecule has 0 aliphatic carbocycles. The fourth-order valence-corrected chi connectivity index (χ4v) is 2.18. The summed E-state index contributed by atoms with van der Waals surface area (Å²) < 4.78 is 10.6. The molecule has 0 saturated carbocycles. The summed E-state index contributed by atoms with van der Waals surface area (Å²) in [5, 5.41) is 2.54. The van der Waals surface area contributed by atoms with Gasteiger partial charge in [0.2, 0.25) is 0 Å². The molecule has 0 aliphatic rings. The summed E-state index contributed by atoms with van der Waals surface area (Å²) in [6.45, 7) is 3.82. The van der Waals surface area contributed by atoms with E-state index in [1.165, 1.54) is 7.11 Å². The van der Waals surface area contributed by atoms with E-state index in [9.17, 15) is 4.79 Å². The van der Waals surface area contributed by atoms with Gasteiger partial charge in [0.1, 0.15) is 12.4 Å². The average molecular weight is 293 g/mol. The maximum absolute atomic E-state index is 11.6. The van der Waals surface area contributed by atoms with E-state index in [-0.39, 0.29) is 12.6 Å². The Hall–Kier alpha value is -1.74. The van der Waals surface area contributed by atoms with Crippen molar-refractivity contribution in [3.63, 3.8) is 0 Å². The number of fused-ring (bicyclic) bond motifs is 1. The molecule has 2 aromatic carbocycles. The molecule has 0 unspecified atom stereocenters. The number of benzene rings is 2. The van der Waals surface area contributed by atoms with Crippen LogP contribution in [0.2, 0.25) is 5.02 Å². The normalized spacial score (nSPS) is 11.4. The lowest BCUT2D eigenvalue weighted by atomic mass is 9.95. The third-order valence-electron chi connectivity index (χ3n) is 3.16. The van der Waals surface area contributed by atoms with Crippen molar-refractivity contribution in [1.29, 1.82) is 0 Å². The summed E-state index contributed by atoms with van der Waals surface area (Å²) >= 11 is 6.16. The topological polar surface area (TPSA) is 35.5 Å². The predicted octanol–water partition coefficient (Wildman–Crippen LogP) is 4.07. The third kappa shape index (κ3) is 2.88. The zero-order valence-corrected chi connectivity index (χ0v) is 12.5. The summed E-state index contributed by atoms with van der Waals surface area (Å²) in [5.41, 5.74) is -0.699. The highest BCUT2D eigenvalue weighted by Crippen LogP contribution is 2.32. The maximum atomic E-state index is 11.6. The lowest BCUT2D eigenvalue weighted by Crippen LogP contribution is -2.32. The number of carbonyl (C=O) groups excluding carboxylic acids is 1. The van der Waals surface area contributed by atoms with E-state index in [2.05, 4.69) is 0 Å². The molecule has 0 aliphatic heterocycles. The standard InChI is InChI=1S/C16H17ClO3/c1-16(2,15(18)19-3)10-20-14-9-8-13(17)11-6-4-5-7-12(11)14/h4-9H,10H2,1-3H3. The smallest absolute Gasteiger partial charge is 0.314 e. The first-order valence-corrected chi connectivity index (χ1v) is 6.72. The Balaban J connectivity index is 2.27. The van der Waals surface area contributed by atoms with E-state index < -0.39 is 5.41 Å². The Labute approximate surface area is 123 Å². The lowest BCUT2D eigenvalue weighted by Gasteiger charge is -2.22. The largest absolute Gasteiger partial charge is 0.492 e. The van der Waals surface area contributed by atoms with Gasteiger partial charge in [0, 0.05) is 15.8 Å². The molecule has 4 heteroatoms. The molecule has 0 N–H and O–H groups in total. The Bertz CT molecular complexity index is 635. The van der Waals surface area contributed by atoms with Gasteiger partial charge in [0.25, 0.3) is 0 Å². The van der Waals surface area contributed by atoms with Crippen LogP contribution in [-0.2, 0) is 9.53 Å². The fraction of sp³-hybridized carbons (Fsp3) is 0.312. The number of ether oxygens (including phenoxy) is 2. The zero-order valence-electron chi connectivity index (χ0n) is 11.8. The van der Waals surface area contributed by atoms with Crippen molar-refractivity contribution in [1.82, 2.24) is 0 Å². The van der Waals surface area contributed by atoms with Crippen LogP contribution in [0.25, 0.3) is 10.8 Å². The molecule has 0 spiro atoms. The Morgan fingerprint density at radius 2 is 1.80 bits per heavy atom. The summed E-state index contributed by atoms with van der Waals surface area (Å²) in [4.78, 5) is 11.6. The van der Waals surface area contributed by atoms with Crippen LogP contribution in [0.1, 0.15) is 13.8 Å². The second kappa shape index (κ2) is 5.71. The Morgan fingerprint density at radius 3 is 2.45 bits per heavy atom. The molecule has 3 nitrogen and oxygen atoms in total. The number of rotatable bonds is 4. The van der Waals surface area contributed by atoms with Gasteiger partial charge in [-0.05, 0) is 26.0 Å². The minimum atomic E-state index is -0.699. The highest BCUT2D eigenvalue weighted by Gasteiger charge is 2.29. The van der Waals surface area contributed by atoms with Crippen LogP contribution in [0.3, 0.4) is 0 Å². The number of halogens is 1. The van der Waals surface area contributed by atoms with Crippen molar-refractivity contribution in [2.45, 2.75) is 13.8 Å². The van der Waals surface area contributed by atoms with E-state index in [0.717, 1.165) is 10.8 Å². The third-order valence-corrected chi connectivity index (χ3v) is 3.49. The fourth-order valence-electron chi connectivity index (χ4n) is 1.95. The lowest BCUT2D eigenvalue weighted by molar-refractivity contribution is -0.152. The zero-order chi connectivity index (χ0) is 14.8. The number of hydrogen-bond donors (Lipinski definition) is 0. The van der Waals surface area contributed by atoms with Crippen molar-refractivity contribution in [2.75, 3.05) is 13.7 Å². The number of esters is 1. The first-order valence-electron chi connectivity index (χ1n) is 6.34. The minimum absolute atomic E-state index is 0.241. The van der Waals surface area contributed by atoms with E-state index in [1.807, 2.05) is 30.3 Å². The predicted molar refractivity (Wildman–Crippen MR) is 80.3 cm³/mol. The van der Waals surface area contributed by atoms with Crippen molar-refractivity contribution in [2.24, 2.45) is 5.41 Å². The SMILES string of the molecule is COC(=O)C(C)(C)COc1ccc(Cl)c2ccccc12. The highest BCUT2D eigenvalue weighted by atomic mass is 35.5. The van der Waals surface area contributed by atoms with Crippen LogP contribution in [0.15, 0.2) is 36.4 Å². The molecule has 0 amide bonds. The summed E-state index contributed by atoms with van der Waals surface area (Å²) in [6, 6.07) is 11.4. The van der Waals surface area contributed by atoms with Crippen molar-refractivity contribution in [3.05, 3.63) is 41.4 Å². The molecule has 0 fully saturated rings. The van der Waals surface area contributed by atoms with E-state index in [4.69, 9.17) is 21.1 Å². The van der Waals surface area contributed by atoms with Gasteiger partial charge in [0.05, 0.1) is 12.5 Å². The van der Waals surface area contributed by atoms with Gasteiger partial charge >= 0.3 is 5.97 Å². The Kier molecular flexibility index (Phi) is 4.19. The van der Waals surface area contributed by atoms with Crippen LogP contribution >= 0.6 is 11.6 Å². The Morgan fingerprint density at radius 1 is 1.15 bits per heavy atom. The van der Waals surface area contributed by atoms with Gasteiger partial charge in [-0.25, -0.2) is 0 Å². The molecule has 0 aromatic heterocycles. The van der Waals surface area contributed by atoms with E-state index >= 15 is 0 Å². The monoisotopic (exact) mass is 292 g/mol. The van der Waals surface area contributed by atoms with Crippen LogP contribution < -0.4 is 4.74 Å². The van der Waals surface area contributed by atoms with Crippen LogP contribution in [-0.4, -0.2) is 19.7 Å². The molecule has 106 valence electrons. The molecular weight excluding hydrogens is 276 g/mol. The van der Waals surface area contributed by atoms with Crippen molar-refractivity contribution < 1.29 is 14.3 Å². The van der Waals surface area contributed by atoms with Gasteiger partial charge in [-0.3, -0.25) is 4.79 Å². The first-order chi connectivity index (χ1) is 9.45. The van der Waals surface area contributed by atoms with Gasteiger partial charge < -0.3 is 9.47 Å². The molecule has 2 rings (SSSR count). The molecule has 0 heterocycles. The van der Waals surface area contributed by atoms with Gasteiger partial charge in [0.15, 0.2) is 0 Å². The minimum Gasteiger partial charge on any atom is -0.492 e. The van der Waals surface area contributed by atoms with Crippen LogP contribution in [0, 0.1) is 5.41 Å². The van der Waals surface area contributed by atoms with Crippen LogP contribution in [0.4, 0.5) is 0 Å². The van der Waals surface area contributed by atoms with Crippen molar-refractivity contribution >= 4 is 28.3 Å². The second-order valence-electron chi connectivity index (χ2n) is 5.26. The first kappa shape index (κ1) is 14.7. The summed E-state index contributed by atoms with van der Waals surface area (Å²) in [7, 11) is 1.38. The molecule has 2 aromatic rings. The number of carbonyl (C=O) groups is 1. The number of hydrogen-bond acceptors (Lipinski definition) is 3.